The zero-order valence-electron chi connectivity index (χ0n) is 18.2. The minimum atomic E-state index is -0.138. The molecule has 0 aliphatic carbocycles. The van der Waals surface area contributed by atoms with Crippen molar-refractivity contribution < 1.29 is 9.53 Å². The quantitative estimate of drug-likeness (QED) is 0.564. The molecule has 1 aromatic heterocycles. The van der Waals surface area contributed by atoms with Crippen LogP contribution in [0.5, 0.6) is 5.75 Å². The van der Waals surface area contributed by atoms with Crippen LogP contribution in [0.1, 0.15) is 17.2 Å². The molecule has 166 valence electrons. The van der Waals surface area contributed by atoms with E-state index in [-0.39, 0.29) is 12.5 Å². The summed E-state index contributed by atoms with van der Waals surface area (Å²) in [6.07, 6.45) is 5.91. The van der Waals surface area contributed by atoms with Gasteiger partial charge in [-0.15, -0.1) is 10.2 Å². The Hall–Kier alpha value is -3.45. The molecule has 2 heterocycles. The van der Waals surface area contributed by atoms with Crippen molar-refractivity contribution in [2.24, 2.45) is 0 Å². The Labute approximate surface area is 188 Å². The molecule has 0 atom stereocenters. The lowest BCUT2D eigenvalue weighted by atomic mass is 10.2. The van der Waals surface area contributed by atoms with Crippen LogP contribution in [0.3, 0.4) is 0 Å². The Morgan fingerprint density at radius 2 is 1.78 bits per heavy atom. The Morgan fingerprint density at radius 3 is 2.59 bits per heavy atom. The second kappa shape index (κ2) is 11.2. The van der Waals surface area contributed by atoms with Crippen molar-refractivity contribution in [1.82, 2.24) is 25.0 Å². The lowest BCUT2D eigenvalue weighted by molar-refractivity contribution is -0.123. The maximum atomic E-state index is 12.0. The summed E-state index contributed by atoms with van der Waals surface area (Å²) in [5, 5.41) is 11.6. The summed E-state index contributed by atoms with van der Waals surface area (Å²) >= 11 is 0. The summed E-state index contributed by atoms with van der Waals surface area (Å²) < 4.78 is 7.68. The molecule has 2 aromatic carbocycles. The molecule has 0 spiro atoms. The van der Waals surface area contributed by atoms with Crippen molar-refractivity contribution in [2.75, 3.05) is 32.8 Å². The molecular weight excluding hydrogens is 402 g/mol. The Kier molecular flexibility index (Phi) is 7.65. The van der Waals surface area contributed by atoms with Gasteiger partial charge in [0.15, 0.2) is 6.61 Å². The van der Waals surface area contributed by atoms with E-state index < -0.39 is 0 Å². The number of para-hydroxylation sites is 1. The third-order valence-corrected chi connectivity index (χ3v) is 5.45. The molecule has 7 nitrogen and oxygen atoms in total. The molecule has 1 amide bonds. The topological polar surface area (TPSA) is 72.3 Å². The summed E-state index contributed by atoms with van der Waals surface area (Å²) in [5.74, 6) is 2.49. The molecule has 0 saturated carbocycles. The number of benzene rings is 2. The Morgan fingerprint density at radius 1 is 1.00 bits per heavy atom. The maximum absolute atomic E-state index is 12.0. The number of amides is 1. The zero-order chi connectivity index (χ0) is 22.0. The number of fused-ring (bicyclic) bond motifs is 1. The van der Waals surface area contributed by atoms with E-state index >= 15 is 0 Å². The van der Waals surface area contributed by atoms with Gasteiger partial charge in [0.2, 0.25) is 0 Å². The molecule has 0 radical (unpaired) electrons. The van der Waals surface area contributed by atoms with Gasteiger partial charge in [0.1, 0.15) is 17.4 Å². The monoisotopic (exact) mass is 431 g/mol. The molecule has 0 saturated heterocycles. The number of hydrogen-bond donors (Lipinski definition) is 1. The van der Waals surface area contributed by atoms with Crippen LogP contribution in [0.2, 0.25) is 0 Å². The van der Waals surface area contributed by atoms with E-state index in [9.17, 15) is 4.79 Å². The standard InChI is InChI=1S/C25H29N5O2/c31-25(20-32-22-11-5-2-6-12-22)26-15-13-23-27-28-24-14-17-29(18-19-30(23)24)16-7-10-21-8-3-1-4-9-21/h1-12H,13-20H2,(H,26,31). The normalized spacial score (nSPS) is 14.1. The van der Waals surface area contributed by atoms with Gasteiger partial charge in [-0.1, -0.05) is 60.7 Å². The Bertz CT molecular complexity index is 1020. The van der Waals surface area contributed by atoms with Crippen molar-refractivity contribution in [1.29, 1.82) is 0 Å². The second-order valence-electron chi connectivity index (χ2n) is 7.75. The molecule has 0 unspecified atom stereocenters. The van der Waals surface area contributed by atoms with Crippen LogP contribution < -0.4 is 10.1 Å². The average Bonchev–Trinajstić information content (AvgIpc) is 3.10. The van der Waals surface area contributed by atoms with Gasteiger partial charge in [0, 0.05) is 45.6 Å². The van der Waals surface area contributed by atoms with Gasteiger partial charge in [0.25, 0.3) is 5.91 Å². The van der Waals surface area contributed by atoms with Gasteiger partial charge >= 0.3 is 0 Å². The fourth-order valence-corrected chi connectivity index (χ4v) is 3.73. The van der Waals surface area contributed by atoms with E-state index in [1.807, 2.05) is 36.4 Å². The van der Waals surface area contributed by atoms with Gasteiger partial charge in [-0.2, -0.15) is 0 Å². The fraction of sp³-hybridized carbons (Fsp3) is 0.320. The zero-order valence-corrected chi connectivity index (χ0v) is 18.2. The van der Waals surface area contributed by atoms with E-state index in [4.69, 9.17) is 4.74 Å². The van der Waals surface area contributed by atoms with Gasteiger partial charge in [0.05, 0.1) is 0 Å². The molecule has 0 fully saturated rings. The van der Waals surface area contributed by atoms with Crippen LogP contribution in [0.4, 0.5) is 0 Å². The summed E-state index contributed by atoms with van der Waals surface area (Å²) in [5.41, 5.74) is 1.22. The van der Waals surface area contributed by atoms with Gasteiger partial charge in [-0.3, -0.25) is 9.69 Å². The van der Waals surface area contributed by atoms with Crippen LogP contribution in [-0.2, 0) is 24.2 Å². The first kappa shape index (κ1) is 21.8. The number of nitrogens with zero attached hydrogens (tertiary/aromatic N) is 4. The molecule has 1 aliphatic heterocycles. The largest absolute Gasteiger partial charge is 0.484 e. The predicted molar refractivity (Wildman–Crippen MR) is 124 cm³/mol. The van der Waals surface area contributed by atoms with E-state index in [1.165, 1.54) is 5.56 Å². The average molecular weight is 432 g/mol. The minimum Gasteiger partial charge on any atom is -0.484 e. The molecule has 3 aromatic rings. The lowest BCUT2D eigenvalue weighted by Crippen LogP contribution is -2.31. The van der Waals surface area contributed by atoms with Crippen molar-refractivity contribution in [3.63, 3.8) is 0 Å². The SMILES string of the molecule is O=C(COc1ccccc1)NCCc1nnc2n1CCN(CC=Cc1ccccc1)CC2. The van der Waals surface area contributed by atoms with Gasteiger partial charge in [-0.25, -0.2) is 0 Å². The van der Waals surface area contributed by atoms with E-state index in [0.29, 0.717) is 18.7 Å². The number of hydrogen-bond acceptors (Lipinski definition) is 5. The van der Waals surface area contributed by atoms with E-state index in [2.05, 4.69) is 61.4 Å². The van der Waals surface area contributed by atoms with E-state index in [0.717, 1.165) is 44.2 Å². The van der Waals surface area contributed by atoms with Crippen molar-refractivity contribution >= 4 is 12.0 Å². The fourth-order valence-electron chi connectivity index (χ4n) is 3.73. The minimum absolute atomic E-state index is 0.00735. The highest BCUT2D eigenvalue weighted by atomic mass is 16.5. The summed E-state index contributed by atoms with van der Waals surface area (Å²) in [4.78, 5) is 14.5. The summed E-state index contributed by atoms with van der Waals surface area (Å²) in [6, 6.07) is 19.7. The molecule has 7 heteroatoms. The third-order valence-electron chi connectivity index (χ3n) is 5.45. The molecule has 32 heavy (non-hydrogen) atoms. The smallest absolute Gasteiger partial charge is 0.257 e. The molecular formula is C25H29N5O2. The molecule has 1 N–H and O–H groups in total. The van der Waals surface area contributed by atoms with Gasteiger partial charge < -0.3 is 14.6 Å². The van der Waals surface area contributed by atoms with E-state index in [1.54, 1.807) is 0 Å². The molecule has 4 rings (SSSR count). The van der Waals surface area contributed by atoms with Crippen LogP contribution in [0.15, 0.2) is 66.7 Å². The number of carbonyl (C=O) groups is 1. The highest BCUT2D eigenvalue weighted by molar-refractivity contribution is 5.77. The van der Waals surface area contributed by atoms with Crippen molar-refractivity contribution in [2.45, 2.75) is 19.4 Å². The Balaban J connectivity index is 1.21. The van der Waals surface area contributed by atoms with Crippen LogP contribution in [0.25, 0.3) is 6.08 Å². The first-order chi connectivity index (χ1) is 15.8. The number of aromatic nitrogens is 3. The molecule has 0 bridgehead atoms. The number of rotatable bonds is 9. The first-order valence-electron chi connectivity index (χ1n) is 11.1. The third kappa shape index (κ3) is 6.28. The van der Waals surface area contributed by atoms with Crippen LogP contribution in [-0.4, -0.2) is 58.4 Å². The lowest BCUT2D eigenvalue weighted by Gasteiger charge is -2.17. The predicted octanol–water partition coefficient (Wildman–Crippen LogP) is 2.59. The highest BCUT2D eigenvalue weighted by Gasteiger charge is 2.18. The second-order valence-corrected chi connectivity index (χ2v) is 7.75. The van der Waals surface area contributed by atoms with Crippen LogP contribution >= 0.6 is 0 Å². The number of ether oxygens (including phenoxy) is 1. The first-order valence-corrected chi connectivity index (χ1v) is 11.1. The van der Waals surface area contributed by atoms with Gasteiger partial charge in [-0.05, 0) is 17.7 Å². The van der Waals surface area contributed by atoms with Crippen molar-refractivity contribution in [3.05, 3.63) is 84.0 Å². The summed E-state index contributed by atoms with van der Waals surface area (Å²) in [7, 11) is 0. The van der Waals surface area contributed by atoms with Crippen LogP contribution in [0, 0.1) is 0 Å². The maximum Gasteiger partial charge on any atom is 0.257 e. The number of nitrogens with one attached hydrogen (secondary N) is 1. The molecule has 1 aliphatic rings. The summed E-state index contributed by atoms with van der Waals surface area (Å²) in [6.45, 7) is 4.22. The van der Waals surface area contributed by atoms with Crippen molar-refractivity contribution in [3.8, 4) is 5.75 Å². The number of carbonyl (C=O) groups excluding carboxylic acids is 1. The highest BCUT2D eigenvalue weighted by Crippen LogP contribution is 2.11.